The van der Waals surface area contributed by atoms with Gasteiger partial charge in [-0.15, -0.1) is 0 Å². The Hall–Kier alpha value is -0.590. The molecule has 1 saturated heterocycles. The average molecular weight is 261 g/mol. The first-order chi connectivity index (χ1) is 9.38. The number of hydrogen-bond donors (Lipinski definition) is 2. The molecule has 2 saturated carbocycles. The predicted molar refractivity (Wildman–Crippen MR) is 76.6 cm³/mol. The van der Waals surface area contributed by atoms with Gasteiger partial charge in [0.1, 0.15) is 0 Å². The highest BCUT2D eigenvalue weighted by Gasteiger charge is 2.37. The Labute approximate surface area is 117 Å². The zero-order valence-electron chi connectivity index (χ0n) is 11.9. The third kappa shape index (κ3) is 2.95. The molecule has 1 aliphatic heterocycles. The van der Waals surface area contributed by atoms with E-state index in [1.165, 1.54) is 57.9 Å². The van der Waals surface area contributed by atoms with Gasteiger partial charge in [0.2, 0.25) is 0 Å². The van der Waals surface area contributed by atoms with Crippen LogP contribution in [0.4, 0.5) is 0 Å². The fourth-order valence-electron chi connectivity index (χ4n) is 4.51. The molecule has 0 aromatic carbocycles. The van der Waals surface area contributed by atoms with E-state index in [1.807, 2.05) is 0 Å². The number of piperidine rings is 1. The molecule has 3 fully saturated rings. The largest absolute Gasteiger partial charge is 0.314 e. The summed E-state index contributed by atoms with van der Waals surface area (Å²) in [6.45, 7) is 1.21. The van der Waals surface area contributed by atoms with Crippen LogP contribution in [0.25, 0.3) is 0 Å². The van der Waals surface area contributed by atoms with E-state index in [2.05, 4.69) is 16.7 Å². The molecule has 0 aromatic rings. The van der Waals surface area contributed by atoms with Crippen molar-refractivity contribution in [1.82, 2.24) is 10.6 Å². The standard InChI is InChI=1S/C16H27N3/c17-11-12-5-3-8-14(12)19-16-9-4-6-13(16)15-7-1-2-10-18-15/h12-16,18-19H,1-10H2. The Bertz CT molecular complexity index is 329. The van der Waals surface area contributed by atoms with Gasteiger partial charge in [-0.2, -0.15) is 5.26 Å². The highest BCUT2D eigenvalue weighted by Crippen LogP contribution is 2.34. The van der Waals surface area contributed by atoms with Gasteiger partial charge >= 0.3 is 0 Å². The van der Waals surface area contributed by atoms with Gasteiger partial charge in [-0.3, -0.25) is 0 Å². The van der Waals surface area contributed by atoms with Crippen LogP contribution in [0, 0.1) is 23.2 Å². The molecule has 3 heteroatoms. The number of nitrogens with zero attached hydrogens (tertiary/aromatic N) is 1. The lowest BCUT2D eigenvalue weighted by Crippen LogP contribution is -2.49. The Kier molecular flexibility index (Phi) is 4.40. The van der Waals surface area contributed by atoms with Gasteiger partial charge in [0.15, 0.2) is 0 Å². The molecule has 106 valence electrons. The van der Waals surface area contributed by atoms with Crippen LogP contribution >= 0.6 is 0 Å². The van der Waals surface area contributed by atoms with Crippen molar-refractivity contribution in [3.63, 3.8) is 0 Å². The topological polar surface area (TPSA) is 47.9 Å². The maximum Gasteiger partial charge on any atom is 0.0672 e. The quantitative estimate of drug-likeness (QED) is 0.821. The molecule has 0 bridgehead atoms. The second-order valence-corrected chi connectivity index (χ2v) is 6.70. The molecule has 5 atom stereocenters. The lowest BCUT2D eigenvalue weighted by atomic mass is 9.87. The van der Waals surface area contributed by atoms with Crippen LogP contribution in [0.2, 0.25) is 0 Å². The van der Waals surface area contributed by atoms with Crippen LogP contribution in [-0.4, -0.2) is 24.7 Å². The molecule has 3 aliphatic rings. The lowest BCUT2D eigenvalue weighted by molar-refractivity contribution is 0.241. The molecule has 2 N–H and O–H groups in total. The average Bonchev–Trinajstić information content (AvgIpc) is 3.09. The molecular formula is C16H27N3. The monoisotopic (exact) mass is 261 g/mol. The van der Waals surface area contributed by atoms with Crippen LogP contribution in [-0.2, 0) is 0 Å². The maximum atomic E-state index is 9.22. The van der Waals surface area contributed by atoms with E-state index < -0.39 is 0 Å². The number of hydrogen-bond acceptors (Lipinski definition) is 3. The van der Waals surface area contributed by atoms with Crippen LogP contribution in [0.1, 0.15) is 57.8 Å². The summed E-state index contributed by atoms with van der Waals surface area (Å²) in [6.07, 6.45) is 11.7. The molecule has 2 aliphatic carbocycles. The van der Waals surface area contributed by atoms with Crippen LogP contribution in [0.5, 0.6) is 0 Å². The zero-order valence-corrected chi connectivity index (χ0v) is 11.9. The van der Waals surface area contributed by atoms with Crippen molar-refractivity contribution in [2.24, 2.45) is 11.8 Å². The van der Waals surface area contributed by atoms with E-state index in [9.17, 15) is 5.26 Å². The Balaban J connectivity index is 1.58. The second-order valence-electron chi connectivity index (χ2n) is 6.70. The van der Waals surface area contributed by atoms with Crippen molar-refractivity contribution >= 4 is 0 Å². The first kappa shape index (κ1) is 13.4. The molecule has 0 aromatic heterocycles. The molecular weight excluding hydrogens is 234 g/mol. The van der Waals surface area contributed by atoms with E-state index in [-0.39, 0.29) is 5.92 Å². The first-order valence-electron chi connectivity index (χ1n) is 8.27. The SMILES string of the molecule is N#CC1CCCC1NC1CCCC1C1CCCCN1. The zero-order chi connectivity index (χ0) is 13.1. The Morgan fingerprint density at radius 1 is 0.895 bits per heavy atom. The minimum Gasteiger partial charge on any atom is -0.314 e. The first-order valence-corrected chi connectivity index (χ1v) is 8.27. The highest BCUT2D eigenvalue weighted by atomic mass is 15.0. The molecule has 0 spiro atoms. The lowest BCUT2D eigenvalue weighted by Gasteiger charge is -2.34. The summed E-state index contributed by atoms with van der Waals surface area (Å²) in [4.78, 5) is 0. The number of nitrogens with one attached hydrogen (secondary N) is 2. The summed E-state index contributed by atoms with van der Waals surface area (Å²) in [5.74, 6) is 1.07. The molecule has 3 rings (SSSR count). The third-order valence-corrected chi connectivity index (χ3v) is 5.54. The minimum atomic E-state index is 0.264. The fraction of sp³-hybridized carbons (Fsp3) is 0.938. The summed E-state index contributed by atoms with van der Waals surface area (Å²) < 4.78 is 0. The van der Waals surface area contributed by atoms with E-state index in [0.717, 1.165) is 18.4 Å². The molecule has 0 radical (unpaired) electrons. The highest BCUT2D eigenvalue weighted by molar-refractivity contribution is 5.00. The molecule has 19 heavy (non-hydrogen) atoms. The van der Waals surface area contributed by atoms with Gasteiger partial charge in [0.25, 0.3) is 0 Å². The van der Waals surface area contributed by atoms with E-state index in [1.54, 1.807) is 0 Å². The van der Waals surface area contributed by atoms with Crippen molar-refractivity contribution in [2.45, 2.75) is 75.9 Å². The van der Waals surface area contributed by atoms with Crippen molar-refractivity contribution in [3.05, 3.63) is 0 Å². The smallest absolute Gasteiger partial charge is 0.0672 e. The molecule has 1 heterocycles. The van der Waals surface area contributed by atoms with Gasteiger partial charge in [-0.05, 0) is 51.0 Å². The van der Waals surface area contributed by atoms with Gasteiger partial charge in [-0.25, -0.2) is 0 Å². The summed E-state index contributed by atoms with van der Waals surface area (Å²) in [5, 5.41) is 16.8. The molecule has 3 nitrogen and oxygen atoms in total. The number of nitriles is 1. The van der Waals surface area contributed by atoms with Crippen LogP contribution in [0.15, 0.2) is 0 Å². The summed E-state index contributed by atoms with van der Waals surface area (Å²) in [7, 11) is 0. The van der Waals surface area contributed by atoms with Crippen molar-refractivity contribution in [2.75, 3.05) is 6.54 Å². The van der Waals surface area contributed by atoms with Crippen LogP contribution < -0.4 is 10.6 Å². The second kappa shape index (κ2) is 6.24. The van der Waals surface area contributed by atoms with E-state index in [0.29, 0.717) is 12.1 Å². The molecule has 5 unspecified atom stereocenters. The van der Waals surface area contributed by atoms with Crippen molar-refractivity contribution in [3.8, 4) is 6.07 Å². The van der Waals surface area contributed by atoms with Gasteiger partial charge in [0.05, 0.1) is 12.0 Å². The van der Waals surface area contributed by atoms with Gasteiger partial charge in [0, 0.05) is 18.1 Å². The fourth-order valence-corrected chi connectivity index (χ4v) is 4.51. The third-order valence-electron chi connectivity index (χ3n) is 5.54. The van der Waals surface area contributed by atoms with Gasteiger partial charge in [-0.1, -0.05) is 19.3 Å². The predicted octanol–water partition coefficient (Wildman–Crippen LogP) is 2.58. The maximum absolute atomic E-state index is 9.22. The van der Waals surface area contributed by atoms with Crippen molar-refractivity contribution < 1.29 is 0 Å². The summed E-state index contributed by atoms with van der Waals surface area (Å²) in [6, 6.07) is 4.37. The summed E-state index contributed by atoms with van der Waals surface area (Å²) in [5.41, 5.74) is 0. The number of rotatable bonds is 3. The van der Waals surface area contributed by atoms with E-state index in [4.69, 9.17) is 0 Å². The Morgan fingerprint density at radius 3 is 2.53 bits per heavy atom. The summed E-state index contributed by atoms with van der Waals surface area (Å²) >= 11 is 0. The molecule has 0 amide bonds. The van der Waals surface area contributed by atoms with Crippen LogP contribution in [0.3, 0.4) is 0 Å². The van der Waals surface area contributed by atoms with Crippen molar-refractivity contribution in [1.29, 1.82) is 5.26 Å². The van der Waals surface area contributed by atoms with E-state index >= 15 is 0 Å². The normalized spacial score (nSPS) is 43.2. The van der Waals surface area contributed by atoms with Gasteiger partial charge < -0.3 is 10.6 Å². The Morgan fingerprint density at radius 2 is 1.74 bits per heavy atom. The minimum absolute atomic E-state index is 0.264.